The molecule has 0 aliphatic rings. The molecule has 0 fully saturated rings. The highest BCUT2D eigenvalue weighted by atomic mass is 16.3. The number of rotatable bonds is 5. The van der Waals surface area contributed by atoms with E-state index in [0.29, 0.717) is 5.95 Å². The highest BCUT2D eigenvalue weighted by Gasteiger charge is 2.02. The summed E-state index contributed by atoms with van der Waals surface area (Å²) >= 11 is 0. The third kappa shape index (κ3) is 2.94. The van der Waals surface area contributed by atoms with Gasteiger partial charge in [-0.1, -0.05) is 0 Å². The molecule has 0 saturated carbocycles. The number of anilines is 2. The first-order valence-electron chi connectivity index (χ1n) is 5.36. The van der Waals surface area contributed by atoms with Gasteiger partial charge < -0.3 is 9.73 Å². The summed E-state index contributed by atoms with van der Waals surface area (Å²) in [6.45, 7) is 2.69. The summed E-state index contributed by atoms with van der Waals surface area (Å²) in [6.07, 6.45) is 4.20. The molecule has 0 spiro atoms. The predicted molar refractivity (Wildman–Crippen MR) is 65.5 cm³/mol. The van der Waals surface area contributed by atoms with Gasteiger partial charge in [-0.3, -0.25) is 5.43 Å². The van der Waals surface area contributed by atoms with E-state index in [1.807, 2.05) is 19.1 Å². The van der Waals surface area contributed by atoms with Crippen molar-refractivity contribution in [2.75, 3.05) is 17.3 Å². The monoisotopic (exact) mass is 233 g/mol. The molecule has 0 aromatic carbocycles. The van der Waals surface area contributed by atoms with Gasteiger partial charge in [-0.05, 0) is 19.1 Å². The van der Waals surface area contributed by atoms with Gasteiger partial charge in [-0.2, -0.15) is 4.98 Å². The molecule has 0 aliphatic heterocycles. The van der Waals surface area contributed by atoms with Crippen LogP contribution in [-0.2, 0) is 6.42 Å². The number of nitrogen functional groups attached to an aromatic ring is 1. The average Bonchev–Trinajstić information content (AvgIpc) is 2.84. The lowest BCUT2D eigenvalue weighted by Gasteiger charge is -2.08. The zero-order valence-corrected chi connectivity index (χ0v) is 9.60. The lowest BCUT2D eigenvalue weighted by atomic mass is 10.3. The van der Waals surface area contributed by atoms with E-state index in [1.54, 1.807) is 12.5 Å². The minimum atomic E-state index is 0.399. The van der Waals surface area contributed by atoms with Crippen LogP contribution in [0.15, 0.2) is 29.0 Å². The van der Waals surface area contributed by atoms with Crippen LogP contribution in [-0.4, -0.2) is 16.5 Å². The molecule has 6 nitrogen and oxygen atoms in total. The second-order valence-electron chi connectivity index (χ2n) is 3.63. The van der Waals surface area contributed by atoms with Gasteiger partial charge in [0, 0.05) is 24.7 Å². The molecule has 17 heavy (non-hydrogen) atoms. The first-order valence-corrected chi connectivity index (χ1v) is 5.36. The lowest BCUT2D eigenvalue weighted by molar-refractivity contribution is 0.513. The minimum Gasteiger partial charge on any atom is -0.469 e. The summed E-state index contributed by atoms with van der Waals surface area (Å²) < 4.78 is 5.24. The molecule has 0 aliphatic carbocycles. The molecule has 0 radical (unpaired) electrons. The van der Waals surface area contributed by atoms with E-state index in [0.717, 1.165) is 30.1 Å². The average molecular weight is 233 g/mol. The Balaban J connectivity index is 1.94. The maximum atomic E-state index is 5.26. The fraction of sp³-hybridized carbons (Fsp3) is 0.273. The first-order chi connectivity index (χ1) is 8.29. The third-order valence-electron chi connectivity index (χ3n) is 2.34. The quantitative estimate of drug-likeness (QED) is 0.533. The molecule has 0 atom stereocenters. The topological polar surface area (TPSA) is 89.0 Å². The van der Waals surface area contributed by atoms with E-state index in [4.69, 9.17) is 10.3 Å². The Kier molecular flexibility index (Phi) is 3.56. The molecule has 2 aromatic heterocycles. The van der Waals surface area contributed by atoms with Crippen LogP contribution < -0.4 is 16.6 Å². The molecule has 0 bridgehead atoms. The SMILES string of the molecule is Cc1cnc(NN)nc1NCCc1ccco1. The van der Waals surface area contributed by atoms with Gasteiger partial charge in [0.2, 0.25) is 5.95 Å². The van der Waals surface area contributed by atoms with Crippen LogP contribution in [0, 0.1) is 6.92 Å². The van der Waals surface area contributed by atoms with Gasteiger partial charge in [0.15, 0.2) is 0 Å². The summed E-state index contributed by atoms with van der Waals surface area (Å²) in [5.74, 6) is 7.38. The summed E-state index contributed by atoms with van der Waals surface area (Å²) in [7, 11) is 0. The Morgan fingerprint density at radius 3 is 3.06 bits per heavy atom. The van der Waals surface area contributed by atoms with Crippen LogP contribution in [0.2, 0.25) is 0 Å². The van der Waals surface area contributed by atoms with Gasteiger partial charge in [0.25, 0.3) is 0 Å². The Hall–Kier alpha value is -2.08. The van der Waals surface area contributed by atoms with E-state index < -0.39 is 0 Å². The van der Waals surface area contributed by atoms with E-state index in [2.05, 4.69) is 20.7 Å². The van der Waals surface area contributed by atoms with Crippen LogP contribution >= 0.6 is 0 Å². The van der Waals surface area contributed by atoms with Gasteiger partial charge in [0.1, 0.15) is 11.6 Å². The van der Waals surface area contributed by atoms with Gasteiger partial charge in [-0.15, -0.1) is 0 Å². The van der Waals surface area contributed by atoms with Crippen molar-refractivity contribution in [1.82, 2.24) is 9.97 Å². The molecule has 90 valence electrons. The summed E-state index contributed by atoms with van der Waals surface area (Å²) in [5, 5.41) is 3.22. The zero-order chi connectivity index (χ0) is 12.1. The van der Waals surface area contributed by atoms with Crippen molar-refractivity contribution in [3.63, 3.8) is 0 Å². The standard InChI is InChI=1S/C11H15N5O/c1-8-7-14-11(16-12)15-10(8)13-5-4-9-3-2-6-17-9/h2-3,6-7H,4-5,12H2,1H3,(H2,13,14,15,16). The molecule has 0 unspecified atom stereocenters. The van der Waals surface area contributed by atoms with Crippen LogP contribution in [0.4, 0.5) is 11.8 Å². The van der Waals surface area contributed by atoms with Crippen molar-refractivity contribution in [3.05, 3.63) is 35.9 Å². The number of nitrogens with two attached hydrogens (primary N) is 1. The summed E-state index contributed by atoms with van der Waals surface area (Å²) in [6, 6.07) is 3.82. The lowest BCUT2D eigenvalue weighted by Crippen LogP contribution is -2.13. The summed E-state index contributed by atoms with van der Waals surface area (Å²) in [5.41, 5.74) is 3.39. The van der Waals surface area contributed by atoms with Crippen LogP contribution in [0.5, 0.6) is 0 Å². The van der Waals surface area contributed by atoms with E-state index in [9.17, 15) is 0 Å². The van der Waals surface area contributed by atoms with Crippen LogP contribution in [0.1, 0.15) is 11.3 Å². The molecular formula is C11H15N5O. The molecule has 6 heteroatoms. The maximum Gasteiger partial charge on any atom is 0.239 e. The fourth-order valence-electron chi connectivity index (χ4n) is 1.45. The highest BCUT2D eigenvalue weighted by Crippen LogP contribution is 2.12. The van der Waals surface area contributed by atoms with E-state index >= 15 is 0 Å². The Morgan fingerprint density at radius 1 is 1.47 bits per heavy atom. The first kappa shape index (κ1) is 11.4. The smallest absolute Gasteiger partial charge is 0.239 e. The van der Waals surface area contributed by atoms with Crippen molar-refractivity contribution in [2.45, 2.75) is 13.3 Å². The van der Waals surface area contributed by atoms with Crippen molar-refractivity contribution in [1.29, 1.82) is 0 Å². The number of furan rings is 1. The van der Waals surface area contributed by atoms with Gasteiger partial charge >= 0.3 is 0 Å². The number of aromatic nitrogens is 2. The number of nitrogens with one attached hydrogen (secondary N) is 2. The molecule has 2 rings (SSSR count). The van der Waals surface area contributed by atoms with Crippen LogP contribution in [0.3, 0.4) is 0 Å². The number of hydrazine groups is 1. The minimum absolute atomic E-state index is 0.399. The molecule has 4 N–H and O–H groups in total. The van der Waals surface area contributed by atoms with Crippen molar-refractivity contribution in [2.24, 2.45) is 5.84 Å². The van der Waals surface area contributed by atoms with Gasteiger partial charge in [-0.25, -0.2) is 10.8 Å². The normalized spacial score (nSPS) is 10.2. The molecule has 2 aromatic rings. The number of nitrogens with zero attached hydrogens (tertiary/aromatic N) is 2. The zero-order valence-electron chi connectivity index (χ0n) is 9.60. The molecule has 2 heterocycles. The fourth-order valence-corrected chi connectivity index (χ4v) is 1.45. The van der Waals surface area contributed by atoms with Crippen molar-refractivity contribution >= 4 is 11.8 Å². The van der Waals surface area contributed by atoms with Crippen LogP contribution in [0.25, 0.3) is 0 Å². The Labute approximate surface area is 99.2 Å². The molecule has 0 saturated heterocycles. The number of hydrogen-bond acceptors (Lipinski definition) is 6. The van der Waals surface area contributed by atoms with Gasteiger partial charge in [0.05, 0.1) is 6.26 Å². The Bertz CT molecular complexity index is 469. The predicted octanol–water partition coefficient (Wildman–Crippen LogP) is 1.32. The number of hydrogen-bond donors (Lipinski definition) is 3. The molecular weight excluding hydrogens is 218 g/mol. The van der Waals surface area contributed by atoms with Crippen molar-refractivity contribution < 1.29 is 4.42 Å². The van der Waals surface area contributed by atoms with E-state index in [-0.39, 0.29) is 0 Å². The van der Waals surface area contributed by atoms with E-state index in [1.165, 1.54) is 0 Å². The van der Waals surface area contributed by atoms with Crippen molar-refractivity contribution in [3.8, 4) is 0 Å². The largest absolute Gasteiger partial charge is 0.469 e. The summed E-state index contributed by atoms with van der Waals surface area (Å²) in [4.78, 5) is 8.23. The highest BCUT2D eigenvalue weighted by molar-refractivity contribution is 5.45. The molecule has 0 amide bonds. The maximum absolute atomic E-state index is 5.26. The third-order valence-corrected chi connectivity index (χ3v) is 2.34. The number of aryl methyl sites for hydroxylation is 1. The Morgan fingerprint density at radius 2 is 2.35 bits per heavy atom. The second-order valence-corrected chi connectivity index (χ2v) is 3.63. The second kappa shape index (κ2) is 5.31.